The van der Waals surface area contributed by atoms with Gasteiger partial charge in [0.1, 0.15) is 11.6 Å². The van der Waals surface area contributed by atoms with Crippen molar-refractivity contribution in [2.75, 3.05) is 5.33 Å². The summed E-state index contributed by atoms with van der Waals surface area (Å²) < 4.78 is 26.3. The van der Waals surface area contributed by atoms with Gasteiger partial charge in [0.25, 0.3) is 5.91 Å². The van der Waals surface area contributed by atoms with Crippen molar-refractivity contribution < 1.29 is 13.6 Å². The van der Waals surface area contributed by atoms with Crippen LogP contribution in [0.4, 0.5) is 8.78 Å². The maximum Gasteiger partial charge on any atom is 0.251 e. The van der Waals surface area contributed by atoms with Gasteiger partial charge in [0.15, 0.2) is 0 Å². The molecule has 1 N–H and O–H groups in total. The van der Waals surface area contributed by atoms with Gasteiger partial charge in [-0.15, -0.1) is 0 Å². The molecule has 0 saturated heterocycles. The van der Waals surface area contributed by atoms with Crippen molar-refractivity contribution in [2.24, 2.45) is 0 Å². The summed E-state index contributed by atoms with van der Waals surface area (Å²) >= 11 is 3.34. The molecule has 0 aliphatic rings. The van der Waals surface area contributed by atoms with E-state index in [1.54, 1.807) is 0 Å². The lowest BCUT2D eigenvalue weighted by Gasteiger charge is -2.16. The summed E-state index contributed by atoms with van der Waals surface area (Å²) in [6, 6.07) is 12.3. The average Bonchev–Trinajstić information content (AvgIpc) is 2.46. The Morgan fingerprint density at radius 1 is 1.10 bits per heavy atom. The monoisotopic (exact) mass is 353 g/mol. The van der Waals surface area contributed by atoms with E-state index >= 15 is 0 Å². The van der Waals surface area contributed by atoms with Gasteiger partial charge in [-0.1, -0.05) is 46.3 Å². The molecule has 0 aromatic heterocycles. The normalized spacial score (nSPS) is 12.0. The van der Waals surface area contributed by atoms with Crippen LogP contribution in [-0.4, -0.2) is 17.3 Å². The Morgan fingerprint density at radius 2 is 1.71 bits per heavy atom. The number of carbonyl (C=O) groups is 1. The zero-order chi connectivity index (χ0) is 15.2. The Hall–Kier alpha value is -1.75. The van der Waals surface area contributed by atoms with Crippen molar-refractivity contribution in [3.05, 3.63) is 71.3 Å². The maximum atomic E-state index is 13.1. The van der Waals surface area contributed by atoms with E-state index < -0.39 is 17.5 Å². The number of benzene rings is 2. The van der Waals surface area contributed by atoms with E-state index in [1.807, 2.05) is 30.3 Å². The van der Waals surface area contributed by atoms with Crippen LogP contribution in [0.25, 0.3) is 0 Å². The van der Waals surface area contributed by atoms with Crippen molar-refractivity contribution in [3.63, 3.8) is 0 Å². The van der Waals surface area contributed by atoms with Crippen LogP contribution in [0.2, 0.25) is 0 Å². The molecule has 2 aromatic rings. The molecule has 0 saturated carbocycles. The molecular weight excluding hydrogens is 340 g/mol. The summed E-state index contributed by atoms with van der Waals surface area (Å²) in [6.45, 7) is 0. The highest BCUT2D eigenvalue weighted by Crippen LogP contribution is 2.10. The first-order valence-electron chi connectivity index (χ1n) is 6.45. The number of nitrogens with one attached hydrogen (secondary N) is 1. The van der Waals surface area contributed by atoms with Crippen LogP contribution >= 0.6 is 15.9 Å². The number of hydrogen-bond donors (Lipinski definition) is 1. The highest BCUT2D eigenvalue weighted by molar-refractivity contribution is 9.09. The topological polar surface area (TPSA) is 29.1 Å². The SMILES string of the molecule is O=C(NC(CBr)Cc1ccccc1)c1cc(F)cc(F)c1. The van der Waals surface area contributed by atoms with E-state index in [1.165, 1.54) is 0 Å². The van der Waals surface area contributed by atoms with E-state index in [2.05, 4.69) is 21.2 Å². The molecule has 1 unspecified atom stereocenters. The molecule has 110 valence electrons. The number of alkyl halides is 1. The van der Waals surface area contributed by atoms with Crippen molar-refractivity contribution >= 4 is 21.8 Å². The summed E-state index contributed by atoms with van der Waals surface area (Å²) in [7, 11) is 0. The van der Waals surface area contributed by atoms with Gasteiger partial charge in [-0.3, -0.25) is 4.79 Å². The van der Waals surface area contributed by atoms with E-state index in [0.29, 0.717) is 11.8 Å². The molecule has 0 bridgehead atoms. The predicted molar refractivity (Wildman–Crippen MR) is 81.6 cm³/mol. The molecule has 0 radical (unpaired) electrons. The molecule has 0 aliphatic heterocycles. The van der Waals surface area contributed by atoms with Crippen LogP contribution in [0.3, 0.4) is 0 Å². The number of halogens is 3. The lowest BCUT2D eigenvalue weighted by molar-refractivity contribution is 0.0940. The second-order valence-electron chi connectivity index (χ2n) is 4.67. The lowest BCUT2D eigenvalue weighted by Crippen LogP contribution is -2.37. The van der Waals surface area contributed by atoms with Crippen molar-refractivity contribution in [1.29, 1.82) is 0 Å². The smallest absolute Gasteiger partial charge is 0.251 e. The van der Waals surface area contributed by atoms with Gasteiger partial charge in [-0.2, -0.15) is 0 Å². The fraction of sp³-hybridized carbons (Fsp3) is 0.188. The summed E-state index contributed by atoms with van der Waals surface area (Å²) in [5.41, 5.74) is 1.05. The summed E-state index contributed by atoms with van der Waals surface area (Å²) in [5.74, 6) is -2.02. The zero-order valence-corrected chi connectivity index (χ0v) is 12.7. The van der Waals surface area contributed by atoms with Crippen LogP contribution < -0.4 is 5.32 Å². The Balaban J connectivity index is 2.05. The molecule has 0 spiro atoms. The van der Waals surface area contributed by atoms with Gasteiger partial charge < -0.3 is 5.32 Å². The quantitative estimate of drug-likeness (QED) is 0.815. The van der Waals surface area contributed by atoms with Crippen LogP contribution in [0.1, 0.15) is 15.9 Å². The molecule has 2 rings (SSSR count). The van der Waals surface area contributed by atoms with E-state index in [0.717, 1.165) is 23.8 Å². The minimum absolute atomic E-state index is 0.0217. The van der Waals surface area contributed by atoms with Gasteiger partial charge in [0, 0.05) is 23.0 Å². The minimum atomic E-state index is -0.765. The van der Waals surface area contributed by atoms with Crippen LogP contribution in [0.5, 0.6) is 0 Å². The second-order valence-corrected chi connectivity index (χ2v) is 5.32. The van der Waals surface area contributed by atoms with E-state index in [-0.39, 0.29) is 11.6 Å². The largest absolute Gasteiger partial charge is 0.348 e. The highest BCUT2D eigenvalue weighted by Gasteiger charge is 2.15. The number of hydrogen-bond acceptors (Lipinski definition) is 1. The summed E-state index contributed by atoms with van der Waals surface area (Å²) in [4.78, 5) is 12.0. The van der Waals surface area contributed by atoms with Gasteiger partial charge in [0.05, 0.1) is 0 Å². The first-order chi connectivity index (χ1) is 10.1. The van der Waals surface area contributed by atoms with E-state index in [9.17, 15) is 13.6 Å². The second kappa shape index (κ2) is 7.31. The molecule has 2 aromatic carbocycles. The molecule has 2 nitrogen and oxygen atoms in total. The maximum absolute atomic E-state index is 13.1. The third kappa shape index (κ3) is 4.63. The van der Waals surface area contributed by atoms with Crippen LogP contribution in [-0.2, 0) is 6.42 Å². The highest BCUT2D eigenvalue weighted by atomic mass is 79.9. The van der Waals surface area contributed by atoms with Gasteiger partial charge in [-0.05, 0) is 24.1 Å². The number of carbonyl (C=O) groups excluding carboxylic acids is 1. The third-order valence-electron chi connectivity index (χ3n) is 2.97. The first-order valence-corrected chi connectivity index (χ1v) is 7.57. The molecule has 0 aliphatic carbocycles. The fourth-order valence-electron chi connectivity index (χ4n) is 2.00. The predicted octanol–water partition coefficient (Wildman–Crippen LogP) is 3.70. The van der Waals surface area contributed by atoms with Gasteiger partial charge >= 0.3 is 0 Å². The minimum Gasteiger partial charge on any atom is -0.348 e. The van der Waals surface area contributed by atoms with Crippen LogP contribution in [0, 0.1) is 11.6 Å². The lowest BCUT2D eigenvalue weighted by atomic mass is 10.1. The van der Waals surface area contributed by atoms with Crippen molar-refractivity contribution in [2.45, 2.75) is 12.5 Å². The molecule has 21 heavy (non-hydrogen) atoms. The first kappa shape index (κ1) is 15.6. The molecule has 0 heterocycles. The van der Waals surface area contributed by atoms with Gasteiger partial charge in [-0.25, -0.2) is 8.78 Å². The zero-order valence-electron chi connectivity index (χ0n) is 11.2. The Bertz CT molecular complexity index is 599. The third-order valence-corrected chi connectivity index (χ3v) is 3.75. The molecule has 1 amide bonds. The van der Waals surface area contributed by atoms with Crippen molar-refractivity contribution in [3.8, 4) is 0 Å². The molecular formula is C16H14BrF2NO. The van der Waals surface area contributed by atoms with E-state index in [4.69, 9.17) is 0 Å². The summed E-state index contributed by atoms with van der Waals surface area (Å²) in [6.07, 6.45) is 0.635. The molecule has 1 atom stereocenters. The standard InChI is InChI=1S/C16H14BrF2NO/c17-10-15(6-11-4-2-1-3-5-11)20-16(21)12-7-13(18)9-14(19)8-12/h1-5,7-9,15H,6,10H2,(H,20,21). The number of amides is 1. The number of rotatable bonds is 5. The average molecular weight is 354 g/mol. The Kier molecular flexibility index (Phi) is 5.44. The Labute approximate surface area is 130 Å². The van der Waals surface area contributed by atoms with Gasteiger partial charge in [0.2, 0.25) is 0 Å². The van der Waals surface area contributed by atoms with Crippen molar-refractivity contribution in [1.82, 2.24) is 5.32 Å². The molecule has 0 fully saturated rings. The fourth-order valence-corrected chi connectivity index (χ4v) is 2.39. The summed E-state index contributed by atoms with van der Waals surface area (Å²) in [5, 5.41) is 3.31. The molecule has 5 heteroatoms. The Morgan fingerprint density at radius 3 is 2.29 bits per heavy atom. The van der Waals surface area contributed by atoms with Crippen LogP contribution in [0.15, 0.2) is 48.5 Å².